The van der Waals surface area contributed by atoms with E-state index in [2.05, 4.69) is 4.98 Å². The summed E-state index contributed by atoms with van der Waals surface area (Å²) in [5, 5.41) is 10.9. The molecule has 1 fully saturated rings. The maximum absolute atomic E-state index is 13.5. The first-order valence-electron chi connectivity index (χ1n) is 12.3. The predicted molar refractivity (Wildman–Crippen MR) is 144 cm³/mol. The van der Waals surface area contributed by atoms with E-state index in [1.165, 1.54) is 26.5 Å². The van der Waals surface area contributed by atoms with Crippen LogP contribution in [-0.4, -0.2) is 70.1 Å². The maximum atomic E-state index is 13.5. The van der Waals surface area contributed by atoms with Crippen LogP contribution in [0, 0.1) is 0 Å². The summed E-state index contributed by atoms with van der Waals surface area (Å²) in [6.07, 6.45) is 1.08. The van der Waals surface area contributed by atoms with Gasteiger partial charge in [-0.25, -0.2) is 8.42 Å². The molecule has 0 bridgehead atoms. The van der Waals surface area contributed by atoms with E-state index in [1.807, 2.05) is 0 Å². The first-order valence-corrected chi connectivity index (χ1v) is 14.7. The van der Waals surface area contributed by atoms with Crippen LogP contribution in [0.1, 0.15) is 45.6 Å². The largest absolute Gasteiger partial charge is 0.501 e. The predicted octanol–water partition coefficient (Wildman–Crippen LogP) is 3.16. The van der Waals surface area contributed by atoms with Gasteiger partial charge in [-0.3, -0.25) is 14.4 Å². The highest BCUT2D eigenvalue weighted by molar-refractivity contribution is 7.91. The summed E-state index contributed by atoms with van der Waals surface area (Å²) in [6, 6.07) is 12.0. The van der Waals surface area contributed by atoms with Crippen molar-refractivity contribution in [3.8, 4) is 5.75 Å². The molecule has 1 N–H and O–H groups in total. The van der Waals surface area contributed by atoms with E-state index in [4.69, 9.17) is 23.2 Å². The molecule has 1 atom stereocenters. The fourth-order valence-corrected chi connectivity index (χ4v) is 6.87. The minimum Gasteiger partial charge on any atom is -0.501 e. The van der Waals surface area contributed by atoms with Gasteiger partial charge in [0.1, 0.15) is 5.82 Å². The number of nitrogens with zero attached hydrogens (tertiary/aromatic N) is 4. The van der Waals surface area contributed by atoms with Crippen molar-refractivity contribution in [3.05, 3.63) is 86.0 Å². The maximum Gasteiger partial charge on any atom is 0.315 e. The SMILES string of the molecule is O=C1c2c(O)c(=O)nc(C3CCCN3C(=O)c3c(Cl)cccc3Cl)n2CCN1CCS(=O)(=O)c1ccccc1. The van der Waals surface area contributed by atoms with E-state index in [0.29, 0.717) is 19.4 Å². The zero-order valence-corrected chi connectivity index (χ0v) is 22.9. The van der Waals surface area contributed by atoms with Gasteiger partial charge in [0.25, 0.3) is 11.8 Å². The van der Waals surface area contributed by atoms with Crippen molar-refractivity contribution in [2.45, 2.75) is 30.3 Å². The third kappa shape index (κ3) is 5.02. The fourth-order valence-electron chi connectivity index (χ4n) is 5.04. The van der Waals surface area contributed by atoms with Crippen LogP contribution >= 0.6 is 23.2 Å². The molecule has 204 valence electrons. The van der Waals surface area contributed by atoms with Crippen LogP contribution in [-0.2, 0) is 16.4 Å². The molecule has 3 aromatic rings. The van der Waals surface area contributed by atoms with Gasteiger partial charge in [-0.1, -0.05) is 47.5 Å². The lowest BCUT2D eigenvalue weighted by Gasteiger charge is -2.34. The van der Waals surface area contributed by atoms with Crippen LogP contribution in [0.5, 0.6) is 5.75 Å². The number of aromatic nitrogens is 2. The van der Waals surface area contributed by atoms with Gasteiger partial charge >= 0.3 is 5.56 Å². The third-order valence-electron chi connectivity index (χ3n) is 6.99. The van der Waals surface area contributed by atoms with Crippen LogP contribution in [0.15, 0.2) is 58.2 Å². The summed E-state index contributed by atoms with van der Waals surface area (Å²) in [5.41, 5.74) is -1.14. The van der Waals surface area contributed by atoms with Gasteiger partial charge in [-0.2, -0.15) is 4.98 Å². The zero-order chi connectivity index (χ0) is 27.9. The van der Waals surface area contributed by atoms with E-state index >= 15 is 0 Å². The van der Waals surface area contributed by atoms with Crippen molar-refractivity contribution in [2.75, 3.05) is 25.4 Å². The minimum atomic E-state index is -3.65. The Labute approximate surface area is 234 Å². The number of likely N-dealkylation sites (tertiary alicyclic amines) is 1. The summed E-state index contributed by atoms with van der Waals surface area (Å²) in [6.45, 7) is 0.507. The molecule has 10 nitrogen and oxygen atoms in total. The lowest BCUT2D eigenvalue weighted by Crippen LogP contribution is -2.46. The number of fused-ring (bicyclic) bond motifs is 1. The number of amides is 2. The van der Waals surface area contributed by atoms with Crippen molar-refractivity contribution in [2.24, 2.45) is 0 Å². The molecule has 39 heavy (non-hydrogen) atoms. The lowest BCUT2D eigenvalue weighted by molar-refractivity contribution is 0.0689. The van der Waals surface area contributed by atoms with Crippen LogP contribution in [0.4, 0.5) is 0 Å². The molecule has 2 aliphatic heterocycles. The second-order valence-electron chi connectivity index (χ2n) is 9.30. The topological polar surface area (TPSA) is 130 Å². The molecule has 0 saturated carbocycles. The third-order valence-corrected chi connectivity index (χ3v) is 9.33. The normalized spacial score (nSPS) is 17.4. The molecule has 1 saturated heterocycles. The summed E-state index contributed by atoms with van der Waals surface area (Å²) in [5.74, 6) is -2.08. The van der Waals surface area contributed by atoms with Crippen molar-refractivity contribution in [1.82, 2.24) is 19.4 Å². The van der Waals surface area contributed by atoms with Crippen molar-refractivity contribution in [3.63, 3.8) is 0 Å². The number of hydrogen-bond donors (Lipinski definition) is 1. The average Bonchev–Trinajstić information content (AvgIpc) is 3.40. The van der Waals surface area contributed by atoms with E-state index in [0.717, 1.165) is 0 Å². The van der Waals surface area contributed by atoms with Gasteiger partial charge < -0.3 is 19.5 Å². The minimum absolute atomic E-state index is 0.125. The van der Waals surface area contributed by atoms with Crippen LogP contribution < -0.4 is 5.56 Å². The van der Waals surface area contributed by atoms with Crippen LogP contribution in [0.2, 0.25) is 10.0 Å². The monoisotopic (exact) mass is 590 g/mol. The molecule has 1 unspecified atom stereocenters. The molecule has 2 amide bonds. The van der Waals surface area contributed by atoms with Crippen LogP contribution in [0.3, 0.4) is 0 Å². The Balaban J connectivity index is 1.45. The highest BCUT2D eigenvalue weighted by atomic mass is 35.5. The molecule has 0 spiro atoms. The highest BCUT2D eigenvalue weighted by Crippen LogP contribution is 2.36. The molecular formula is C26H24Cl2N4O6S. The number of carbonyl (C=O) groups is 2. The summed E-state index contributed by atoms with van der Waals surface area (Å²) in [7, 11) is -3.65. The average molecular weight is 591 g/mol. The van der Waals surface area contributed by atoms with Crippen LogP contribution in [0.25, 0.3) is 0 Å². The van der Waals surface area contributed by atoms with Crippen molar-refractivity contribution < 1.29 is 23.1 Å². The summed E-state index contributed by atoms with van der Waals surface area (Å²) in [4.78, 5) is 46.6. The number of halogens is 2. The number of aromatic hydroxyl groups is 1. The Hall–Kier alpha value is -3.41. The molecule has 5 rings (SSSR count). The van der Waals surface area contributed by atoms with Gasteiger partial charge in [-0.15, -0.1) is 0 Å². The number of benzene rings is 2. The first kappa shape index (κ1) is 27.2. The smallest absolute Gasteiger partial charge is 0.315 e. The Bertz CT molecular complexity index is 1610. The number of carbonyl (C=O) groups excluding carboxylic acids is 2. The van der Waals surface area contributed by atoms with Gasteiger partial charge in [-0.05, 0) is 37.1 Å². The Morgan fingerprint density at radius 2 is 1.69 bits per heavy atom. The molecule has 0 aliphatic carbocycles. The molecule has 0 radical (unpaired) electrons. The summed E-state index contributed by atoms with van der Waals surface area (Å²) >= 11 is 12.5. The Kier molecular flexibility index (Phi) is 7.41. The molecule has 2 aliphatic rings. The van der Waals surface area contributed by atoms with Gasteiger partial charge in [0, 0.05) is 26.2 Å². The number of rotatable bonds is 6. The number of sulfone groups is 1. The lowest BCUT2D eigenvalue weighted by atomic mass is 10.1. The first-order chi connectivity index (χ1) is 18.6. The van der Waals surface area contributed by atoms with E-state index < -0.39 is 39.0 Å². The molecule has 3 heterocycles. The molecule has 13 heteroatoms. The van der Waals surface area contributed by atoms with E-state index in [9.17, 15) is 27.9 Å². The highest BCUT2D eigenvalue weighted by Gasteiger charge is 2.39. The molecule has 1 aromatic heterocycles. The second-order valence-corrected chi connectivity index (χ2v) is 12.2. The molecule has 2 aromatic carbocycles. The molecular weight excluding hydrogens is 567 g/mol. The Morgan fingerprint density at radius 3 is 2.38 bits per heavy atom. The van der Waals surface area contributed by atoms with E-state index in [1.54, 1.807) is 36.4 Å². The van der Waals surface area contributed by atoms with Crippen molar-refractivity contribution in [1.29, 1.82) is 0 Å². The quantitative estimate of drug-likeness (QED) is 0.466. The van der Waals surface area contributed by atoms with Gasteiger partial charge in [0.05, 0.1) is 32.3 Å². The van der Waals surface area contributed by atoms with E-state index in [-0.39, 0.29) is 57.4 Å². The van der Waals surface area contributed by atoms with Gasteiger partial charge in [0.2, 0.25) is 5.75 Å². The standard InChI is InChI=1S/C26H24Cl2N4O6S/c27-17-8-4-9-18(28)20(17)25(35)31-11-5-10-19(31)23-29-24(34)22(33)21-26(36)30(12-13-32(21)23)14-15-39(37,38)16-6-2-1-3-7-16/h1-4,6-9,19,33H,5,10-15H2. The zero-order valence-electron chi connectivity index (χ0n) is 20.6. The van der Waals surface area contributed by atoms with Crippen molar-refractivity contribution >= 4 is 44.9 Å². The van der Waals surface area contributed by atoms with Gasteiger partial charge in [0.15, 0.2) is 15.5 Å². The fraction of sp³-hybridized carbons (Fsp3) is 0.308. The number of hydrogen-bond acceptors (Lipinski definition) is 7. The second kappa shape index (κ2) is 10.6. The summed E-state index contributed by atoms with van der Waals surface area (Å²) < 4.78 is 26.9. The Morgan fingerprint density at radius 1 is 1.00 bits per heavy atom.